The Morgan fingerprint density at radius 2 is 1.84 bits per heavy atom. The number of nitrogens with zero attached hydrogens (tertiary/aromatic N) is 4. The molecular weight excluding hydrogens is 505 g/mol. The van der Waals surface area contributed by atoms with Crippen LogP contribution < -0.4 is 14.8 Å². The van der Waals surface area contributed by atoms with E-state index in [1.54, 1.807) is 0 Å². The Labute approximate surface area is 201 Å². The summed E-state index contributed by atoms with van der Waals surface area (Å²) in [6.07, 6.45) is 2.86. The molecule has 0 spiro atoms. The normalized spacial score (nSPS) is 16.2. The highest BCUT2D eigenvalue weighted by atomic mass is 127. The molecule has 2 aliphatic rings. The van der Waals surface area contributed by atoms with Crippen molar-refractivity contribution < 1.29 is 9.47 Å². The van der Waals surface area contributed by atoms with Gasteiger partial charge in [0.1, 0.15) is 0 Å². The average molecular weight is 537 g/mol. The molecule has 1 aromatic carbocycles. The fourth-order valence-electron chi connectivity index (χ4n) is 3.78. The number of guanidine groups is 1. The molecule has 1 aromatic heterocycles. The number of fused-ring (bicyclic) bond motifs is 1. The molecular formula is C23H32IN5O2. The minimum Gasteiger partial charge on any atom is -0.454 e. The van der Waals surface area contributed by atoms with Crippen LogP contribution in [0.3, 0.4) is 0 Å². The van der Waals surface area contributed by atoms with Crippen LogP contribution in [-0.4, -0.2) is 66.8 Å². The number of benzene rings is 1. The lowest BCUT2D eigenvalue weighted by Gasteiger charge is -2.36. The van der Waals surface area contributed by atoms with Gasteiger partial charge in [0.25, 0.3) is 0 Å². The first-order chi connectivity index (χ1) is 14.7. The Morgan fingerprint density at radius 3 is 2.58 bits per heavy atom. The third kappa shape index (κ3) is 6.46. The maximum Gasteiger partial charge on any atom is 0.231 e. The zero-order valence-electron chi connectivity index (χ0n) is 18.3. The molecule has 8 heteroatoms. The second-order valence-electron chi connectivity index (χ2n) is 7.74. The standard InChI is InChI=1S/C23H31N5O2.HI/c1-3-24-23(25-9-8-19-5-4-18(2)26-15-19)28-12-10-27(11-13-28)16-20-6-7-21-22(14-20)30-17-29-21;/h4-7,14-15H,3,8-13,16-17H2,1-2H3,(H,24,25);1H. The quantitative estimate of drug-likeness (QED) is 0.348. The predicted molar refractivity (Wildman–Crippen MR) is 133 cm³/mol. The summed E-state index contributed by atoms with van der Waals surface area (Å²) in [6, 6.07) is 10.4. The molecule has 0 saturated carbocycles. The first-order valence-electron chi connectivity index (χ1n) is 10.8. The zero-order valence-corrected chi connectivity index (χ0v) is 20.7. The highest BCUT2D eigenvalue weighted by Crippen LogP contribution is 2.32. The van der Waals surface area contributed by atoms with Crippen molar-refractivity contribution in [3.63, 3.8) is 0 Å². The van der Waals surface area contributed by atoms with Gasteiger partial charge in [0.2, 0.25) is 6.79 Å². The molecule has 31 heavy (non-hydrogen) atoms. The van der Waals surface area contributed by atoms with Crippen LogP contribution in [0.4, 0.5) is 0 Å². The number of pyridine rings is 1. The summed E-state index contributed by atoms with van der Waals surface area (Å²) in [5.74, 6) is 2.72. The molecule has 7 nitrogen and oxygen atoms in total. The second-order valence-corrected chi connectivity index (χ2v) is 7.74. The van der Waals surface area contributed by atoms with Crippen molar-refractivity contribution >= 4 is 29.9 Å². The highest BCUT2D eigenvalue weighted by molar-refractivity contribution is 14.0. The van der Waals surface area contributed by atoms with Gasteiger partial charge >= 0.3 is 0 Å². The lowest BCUT2D eigenvalue weighted by atomic mass is 10.1. The molecule has 4 rings (SSSR count). The van der Waals surface area contributed by atoms with Gasteiger partial charge in [-0.05, 0) is 49.6 Å². The van der Waals surface area contributed by atoms with Gasteiger partial charge in [0, 0.05) is 57.7 Å². The number of piperazine rings is 1. The van der Waals surface area contributed by atoms with Crippen LogP contribution in [0.1, 0.15) is 23.7 Å². The summed E-state index contributed by atoms with van der Waals surface area (Å²) < 4.78 is 10.9. The number of aromatic nitrogens is 1. The van der Waals surface area contributed by atoms with E-state index in [1.807, 2.05) is 19.2 Å². The van der Waals surface area contributed by atoms with Crippen molar-refractivity contribution in [3.05, 3.63) is 53.3 Å². The molecule has 3 heterocycles. The Kier molecular flexibility index (Phi) is 8.77. The lowest BCUT2D eigenvalue weighted by molar-refractivity contribution is 0.171. The molecule has 168 valence electrons. The largest absolute Gasteiger partial charge is 0.454 e. The highest BCUT2D eigenvalue weighted by Gasteiger charge is 2.20. The number of ether oxygens (including phenoxy) is 2. The molecule has 2 aliphatic heterocycles. The van der Waals surface area contributed by atoms with Gasteiger partial charge in [0.15, 0.2) is 17.5 Å². The van der Waals surface area contributed by atoms with Gasteiger partial charge in [-0.3, -0.25) is 14.9 Å². The molecule has 0 atom stereocenters. The molecule has 0 unspecified atom stereocenters. The van der Waals surface area contributed by atoms with Crippen LogP contribution in [-0.2, 0) is 13.0 Å². The van der Waals surface area contributed by atoms with Gasteiger partial charge in [-0.25, -0.2) is 0 Å². The molecule has 0 aliphatic carbocycles. The molecule has 0 radical (unpaired) electrons. The van der Waals surface area contributed by atoms with E-state index in [9.17, 15) is 0 Å². The number of aliphatic imine (C=N–C) groups is 1. The number of rotatable bonds is 6. The van der Waals surface area contributed by atoms with Gasteiger partial charge in [-0.15, -0.1) is 24.0 Å². The van der Waals surface area contributed by atoms with Crippen LogP contribution in [0.5, 0.6) is 11.5 Å². The third-order valence-corrected chi connectivity index (χ3v) is 5.48. The van der Waals surface area contributed by atoms with Crippen molar-refractivity contribution in [3.8, 4) is 11.5 Å². The van der Waals surface area contributed by atoms with Gasteiger partial charge < -0.3 is 19.7 Å². The van der Waals surface area contributed by atoms with Crippen LogP contribution in [0.25, 0.3) is 0 Å². The number of nitrogens with one attached hydrogen (secondary N) is 1. The summed E-state index contributed by atoms with van der Waals surface area (Å²) in [5.41, 5.74) is 3.54. The number of halogens is 1. The molecule has 1 fully saturated rings. The van der Waals surface area contributed by atoms with E-state index >= 15 is 0 Å². The molecule has 1 N–H and O–H groups in total. The summed E-state index contributed by atoms with van der Waals surface area (Å²) in [4.78, 5) is 14.1. The predicted octanol–water partition coefficient (Wildman–Crippen LogP) is 3.06. The minimum atomic E-state index is 0. The van der Waals surface area contributed by atoms with Crippen molar-refractivity contribution in [1.82, 2.24) is 20.1 Å². The van der Waals surface area contributed by atoms with Crippen LogP contribution in [0.15, 0.2) is 41.5 Å². The topological polar surface area (TPSA) is 62.2 Å². The molecule has 0 bridgehead atoms. The summed E-state index contributed by atoms with van der Waals surface area (Å²) in [5, 5.41) is 3.45. The average Bonchev–Trinajstić information content (AvgIpc) is 3.23. The Morgan fingerprint density at radius 1 is 1.06 bits per heavy atom. The molecule has 2 aromatic rings. The van der Waals surface area contributed by atoms with Gasteiger partial charge in [0.05, 0.1) is 0 Å². The maximum atomic E-state index is 5.50. The minimum absolute atomic E-state index is 0. The lowest BCUT2D eigenvalue weighted by Crippen LogP contribution is -2.52. The van der Waals surface area contributed by atoms with Gasteiger partial charge in [-0.1, -0.05) is 12.1 Å². The Balaban J connectivity index is 0.00000272. The van der Waals surface area contributed by atoms with E-state index < -0.39 is 0 Å². The van der Waals surface area contributed by atoms with E-state index in [-0.39, 0.29) is 24.0 Å². The zero-order chi connectivity index (χ0) is 20.8. The number of hydrogen-bond acceptors (Lipinski definition) is 5. The molecule has 1 saturated heterocycles. The SMILES string of the molecule is CCNC(=NCCc1ccc(C)nc1)N1CCN(Cc2ccc3c(c2)OCO3)CC1.I. The fraction of sp³-hybridized carbons (Fsp3) is 0.478. The van der Waals surface area contributed by atoms with Crippen LogP contribution in [0, 0.1) is 6.92 Å². The molecule has 0 amide bonds. The van der Waals surface area contributed by atoms with E-state index in [0.717, 1.165) is 75.4 Å². The second kappa shape index (κ2) is 11.5. The van der Waals surface area contributed by atoms with Crippen molar-refractivity contribution in [2.45, 2.75) is 26.8 Å². The van der Waals surface area contributed by atoms with Gasteiger partial charge in [-0.2, -0.15) is 0 Å². The monoisotopic (exact) mass is 537 g/mol. The third-order valence-electron chi connectivity index (χ3n) is 5.48. The Bertz CT molecular complexity index is 867. The first-order valence-corrected chi connectivity index (χ1v) is 10.8. The van der Waals surface area contributed by atoms with Crippen molar-refractivity contribution in [2.24, 2.45) is 4.99 Å². The van der Waals surface area contributed by atoms with Crippen molar-refractivity contribution in [2.75, 3.05) is 46.1 Å². The maximum absolute atomic E-state index is 5.50. The van der Waals surface area contributed by atoms with E-state index in [2.05, 4.69) is 51.3 Å². The first kappa shape index (κ1) is 23.6. The van der Waals surface area contributed by atoms with Crippen LogP contribution in [0.2, 0.25) is 0 Å². The van der Waals surface area contributed by atoms with E-state index in [4.69, 9.17) is 14.5 Å². The number of aryl methyl sites for hydroxylation is 1. The van der Waals surface area contributed by atoms with E-state index in [1.165, 1.54) is 11.1 Å². The fourth-order valence-corrected chi connectivity index (χ4v) is 3.78. The summed E-state index contributed by atoms with van der Waals surface area (Å²) in [7, 11) is 0. The smallest absolute Gasteiger partial charge is 0.231 e. The van der Waals surface area contributed by atoms with Crippen molar-refractivity contribution in [1.29, 1.82) is 0 Å². The van der Waals surface area contributed by atoms with E-state index in [0.29, 0.717) is 6.79 Å². The summed E-state index contributed by atoms with van der Waals surface area (Å²) >= 11 is 0. The van der Waals surface area contributed by atoms with Crippen LogP contribution >= 0.6 is 24.0 Å². The Hall–Kier alpha value is -2.07. The number of hydrogen-bond donors (Lipinski definition) is 1. The summed E-state index contributed by atoms with van der Waals surface area (Å²) in [6.45, 7) is 11.0.